The first-order valence-corrected chi connectivity index (χ1v) is 9.82. The zero-order valence-corrected chi connectivity index (χ0v) is 19.4. The number of halogens is 1. The fourth-order valence-corrected chi connectivity index (χ4v) is 3.29. The van der Waals surface area contributed by atoms with Gasteiger partial charge in [0.15, 0.2) is 5.96 Å². The number of carbonyl (C=O) groups is 1. The van der Waals surface area contributed by atoms with Gasteiger partial charge in [0, 0.05) is 32.4 Å². The number of aliphatic imine (C=N–C) groups is 1. The van der Waals surface area contributed by atoms with Gasteiger partial charge in [-0.3, -0.25) is 4.99 Å². The second kappa shape index (κ2) is 11.6. The topological polar surface area (TPSA) is 68.8 Å². The molecule has 0 aliphatic carbocycles. The monoisotopic (exact) mass is 507 g/mol. The van der Waals surface area contributed by atoms with Crippen LogP contribution in [-0.4, -0.2) is 37.0 Å². The molecule has 0 spiro atoms. The smallest absolute Gasteiger partial charge is 0.321 e. The third-order valence-corrected chi connectivity index (χ3v) is 4.91. The van der Waals surface area contributed by atoms with Crippen molar-refractivity contribution in [2.75, 3.05) is 25.5 Å². The Morgan fingerprint density at radius 1 is 1.10 bits per heavy atom. The minimum Gasteiger partial charge on any atom is -0.352 e. The maximum absolute atomic E-state index is 12.3. The molecule has 1 saturated heterocycles. The van der Waals surface area contributed by atoms with Crippen LogP contribution >= 0.6 is 24.0 Å². The van der Waals surface area contributed by atoms with E-state index in [1.807, 2.05) is 47.4 Å². The van der Waals surface area contributed by atoms with Crippen molar-refractivity contribution in [1.29, 1.82) is 0 Å². The van der Waals surface area contributed by atoms with Crippen molar-refractivity contribution in [3.8, 4) is 0 Å². The molecule has 1 heterocycles. The lowest BCUT2D eigenvalue weighted by Crippen LogP contribution is -2.38. The molecule has 29 heavy (non-hydrogen) atoms. The van der Waals surface area contributed by atoms with Crippen molar-refractivity contribution in [2.45, 2.75) is 32.4 Å². The van der Waals surface area contributed by atoms with Gasteiger partial charge in [0.1, 0.15) is 0 Å². The van der Waals surface area contributed by atoms with Crippen molar-refractivity contribution in [1.82, 2.24) is 15.5 Å². The van der Waals surface area contributed by atoms with Gasteiger partial charge in [-0.1, -0.05) is 42.5 Å². The van der Waals surface area contributed by atoms with Gasteiger partial charge in [0.2, 0.25) is 0 Å². The second-order valence-corrected chi connectivity index (χ2v) is 7.03. The lowest BCUT2D eigenvalue weighted by Gasteiger charge is -2.19. The number of nitrogens with zero attached hydrogens (tertiary/aromatic N) is 2. The summed E-state index contributed by atoms with van der Waals surface area (Å²) in [5, 5.41) is 9.73. The number of likely N-dealkylation sites (tertiary alicyclic amines) is 1. The number of hydrogen-bond acceptors (Lipinski definition) is 2. The van der Waals surface area contributed by atoms with E-state index in [1.54, 1.807) is 7.05 Å². The lowest BCUT2D eigenvalue weighted by molar-refractivity contribution is 0.222. The molecule has 1 atom stereocenters. The van der Waals surface area contributed by atoms with Gasteiger partial charge in [-0.2, -0.15) is 0 Å². The first-order chi connectivity index (χ1) is 13.7. The number of urea groups is 1. The maximum atomic E-state index is 12.3. The Morgan fingerprint density at radius 2 is 1.83 bits per heavy atom. The summed E-state index contributed by atoms with van der Waals surface area (Å²) in [5.74, 6) is 0.739. The molecule has 2 aromatic rings. The van der Waals surface area contributed by atoms with Gasteiger partial charge < -0.3 is 20.9 Å². The van der Waals surface area contributed by atoms with Crippen LogP contribution in [0.15, 0.2) is 59.6 Å². The number of carbonyl (C=O) groups excluding carboxylic acids is 1. The average Bonchev–Trinajstić information content (AvgIpc) is 3.27. The molecule has 6 nitrogen and oxygen atoms in total. The SMILES string of the molecule is CN=C(NCc1cccc(NC(=O)N2CCCC2)c1)NC(C)c1ccccc1.I. The van der Waals surface area contributed by atoms with Crippen LogP contribution in [0, 0.1) is 0 Å². The summed E-state index contributed by atoms with van der Waals surface area (Å²) in [6.07, 6.45) is 2.18. The van der Waals surface area contributed by atoms with Crippen LogP contribution in [-0.2, 0) is 6.54 Å². The maximum Gasteiger partial charge on any atom is 0.321 e. The molecule has 0 radical (unpaired) electrons. The Bertz CT molecular complexity index is 806. The Hall–Kier alpha value is -2.29. The van der Waals surface area contributed by atoms with Gasteiger partial charge >= 0.3 is 6.03 Å². The standard InChI is InChI=1S/C22H29N5O.HI/c1-17(19-10-4-3-5-11-19)25-21(23-2)24-16-18-9-8-12-20(15-18)26-22(28)27-13-6-7-14-27;/h3-5,8-12,15,17H,6-7,13-14,16H2,1-2H3,(H,26,28)(H2,23,24,25);1H. The fraction of sp³-hybridized carbons (Fsp3) is 0.364. The van der Waals surface area contributed by atoms with Crippen LogP contribution in [0.1, 0.15) is 36.9 Å². The normalized spacial score (nSPS) is 14.7. The summed E-state index contributed by atoms with van der Waals surface area (Å²) in [6, 6.07) is 18.3. The summed E-state index contributed by atoms with van der Waals surface area (Å²) >= 11 is 0. The van der Waals surface area contributed by atoms with Crippen LogP contribution in [0.4, 0.5) is 10.5 Å². The van der Waals surface area contributed by atoms with E-state index in [9.17, 15) is 4.79 Å². The minimum absolute atomic E-state index is 0. The van der Waals surface area contributed by atoms with Gasteiger partial charge in [0.05, 0.1) is 6.04 Å². The molecule has 1 aliphatic heterocycles. The van der Waals surface area contributed by atoms with E-state index < -0.39 is 0 Å². The first kappa shape index (κ1) is 23.0. The molecule has 156 valence electrons. The second-order valence-electron chi connectivity index (χ2n) is 7.03. The largest absolute Gasteiger partial charge is 0.352 e. The molecule has 1 aliphatic rings. The Morgan fingerprint density at radius 3 is 2.52 bits per heavy atom. The zero-order valence-electron chi connectivity index (χ0n) is 17.0. The molecule has 1 fully saturated rings. The minimum atomic E-state index is -0.0169. The summed E-state index contributed by atoms with van der Waals surface area (Å²) in [4.78, 5) is 18.4. The lowest BCUT2D eigenvalue weighted by atomic mass is 10.1. The van der Waals surface area contributed by atoms with Crippen LogP contribution < -0.4 is 16.0 Å². The molecule has 0 bridgehead atoms. The number of anilines is 1. The van der Waals surface area contributed by atoms with Crippen molar-refractivity contribution < 1.29 is 4.79 Å². The average molecular weight is 507 g/mol. The third kappa shape index (κ3) is 6.92. The fourth-order valence-electron chi connectivity index (χ4n) is 3.29. The molecule has 0 saturated carbocycles. The summed E-state index contributed by atoms with van der Waals surface area (Å²) in [6.45, 7) is 4.41. The molecule has 7 heteroatoms. The van der Waals surface area contributed by atoms with Gasteiger partial charge in [-0.05, 0) is 43.0 Å². The molecule has 2 amide bonds. The van der Waals surface area contributed by atoms with Crippen LogP contribution in [0.25, 0.3) is 0 Å². The van der Waals surface area contributed by atoms with Crippen molar-refractivity contribution in [3.05, 3.63) is 65.7 Å². The Balaban J connectivity index is 0.00000300. The summed E-state index contributed by atoms with van der Waals surface area (Å²) in [5.41, 5.74) is 3.10. The van der Waals surface area contributed by atoms with E-state index in [4.69, 9.17) is 0 Å². The number of nitrogens with one attached hydrogen (secondary N) is 3. The highest BCUT2D eigenvalue weighted by Gasteiger charge is 2.17. The zero-order chi connectivity index (χ0) is 19.8. The number of benzene rings is 2. The van der Waals surface area contributed by atoms with E-state index in [0.717, 1.165) is 43.1 Å². The number of rotatable bonds is 5. The molecule has 2 aromatic carbocycles. The first-order valence-electron chi connectivity index (χ1n) is 9.82. The third-order valence-electron chi connectivity index (χ3n) is 4.91. The predicted octanol–water partition coefficient (Wildman–Crippen LogP) is 4.36. The highest BCUT2D eigenvalue weighted by molar-refractivity contribution is 14.0. The number of amides is 2. The van der Waals surface area contributed by atoms with E-state index in [-0.39, 0.29) is 36.0 Å². The summed E-state index contributed by atoms with van der Waals surface area (Å²) < 4.78 is 0. The van der Waals surface area contributed by atoms with E-state index in [2.05, 4.69) is 40.0 Å². The molecule has 3 N–H and O–H groups in total. The van der Waals surface area contributed by atoms with Crippen LogP contribution in [0.5, 0.6) is 0 Å². The molecule has 3 rings (SSSR count). The van der Waals surface area contributed by atoms with Crippen molar-refractivity contribution in [3.63, 3.8) is 0 Å². The van der Waals surface area contributed by atoms with Gasteiger partial charge in [-0.25, -0.2) is 4.79 Å². The van der Waals surface area contributed by atoms with Crippen molar-refractivity contribution in [2.24, 2.45) is 4.99 Å². The van der Waals surface area contributed by atoms with Crippen LogP contribution in [0.3, 0.4) is 0 Å². The summed E-state index contributed by atoms with van der Waals surface area (Å²) in [7, 11) is 1.76. The van der Waals surface area contributed by atoms with E-state index in [0.29, 0.717) is 6.54 Å². The quantitative estimate of drug-likeness (QED) is 0.320. The highest BCUT2D eigenvalue weighted by atomic mass is 127. The van der Waals surface area contributed by atoms with Crippen LogP contribution in [0.2, 0.25) is 0 Å². The molecule has 0 aromatic heterocycles. The Labute approximate surface area is 190 Å². The van der Waals surface area contributed by atoms with Crippen molar-refractivity contribution >= 4 is 41.7 Å². The predicted molar refractivity (Wildman–Crippen MR) is 130 cm³/mol. The number of guanidine groups is 1. The molecule has 1 unspecified atom stereocenters. The van der Waals surface area contributed by atoms with Gasteiger partial charge in [0.25, 0.3) is 0 Å². The van der Waals surface area contributed by atoms with Gasteiger partial charge in [-0.15, -0.1) is 24.0 Å². The number of hydrogen-bond donors (Lipinski definition) is 3. The van der Waals surface area contributed by atoms with E-state index >= 15 is 0 Å². The van der Waals surface area contributed by atoms with E-state index in [1.165, 1.54) is 5.56 Å². The highest BCUT2D eigenvalue weighted by Crippen LogP contribution is 2.14. The molecular weight excluding hydrogens is 477 g/mol. The Kier molecular flexibility index (Phi) is 9.24. The molecular formula is C22H30IN5O.